The van der Waals surface area contributed by atoms with Gasteiger partial charge in [-0.2, -0.15) is 0 Å². The summed E-state index contributed by atoms with van der Waals surface area (Å²) in [5.41, 5.74) is 0. The minimum absolute atomic E-state index is 0.107. The van der Waals surface area contributed by atoms with Crippen LogP contribution in [0.1, 0.15) is 89.9 Å². The molecule has 0 saturated carbocycles. The van der Waals surface area contributed by atoms with Gasteiger partial charge in [0.05, 0.1) is 6.10 Å². The summed E-state index contributed by atoms with van der Waals surface area (Å²) < 4.78 is 0. The van der Waals surface area contributed by atoms with Crippen molar-refractivity contribution in [2.45, 2.75) is 96.0 Å². The third-order valence-electron chi connectivity index (χ3n) is 3.89. The fourth-order valence-corrected chi connectivity index (χ4v) is 2.54. The highest BCUT2D eigenvalue weighted by Crippen LogP contribution is 2.13. The van der Waals surface area contributed by atoms with E-state index in [0.717, 1.165) is 51.4 Å². The largest absolute Gasteiger partial charge is 0.396 e. The third-order valence-corrected chi connectivity index (χ3v) is 3.89. The average molecular weight is 288 g/mol. The number of hydrogen-bond donors (Lipinski definition) is 3. The molecule has 0 aliphatic rings. The third kappa shape index (κ3) is 15.9. The predicted molar refractivity (Wildman–Crippen MR) is 84.8 cm³/mol. The van der Waals surface area contributed by atoms with E-state index in [1.165, 1.54) is 38.5 Å². The van der Waals surface area contributed by atoms with E-state index < -0.39 is 0 Å². The Balaban J connectivity index is 3.11. The Kier molecular flexibility index (Phi) is 16.8. The minimum Gasteiger partial charge on any atom is -0.396 e. The molecule has 0 aliphatic carbocycles. The maximum atomic E-state index is 9.86. The first-order valence-electron chi connectivity index (χ1n) is 8.71. The summed E-state index contributed by atoms with van der Waals surface area (Å²) in [5, 5.41) is 27.2. The fourth-order valence-electron chi connectivity index (χ4n) is 2.54. The molecule has 0 radical (unpaired) electrons. The van der Waals surface area contributed by atoms with Crippen LogP contribution < -0.4 is 0 Å². The molecule has 3 heteroatoms. The van der Waals surface area contributed by atoms with Crippen molar-refractivity contribution in [3.63, 3.8) is 0 Å². The number of unbranched alkanes of at least 4 members (excludes halogenated alkanes) is 10. The summed E-state index contributed by atoms with van der Waals surface area (Å²) in [6, 6.07) is 0. The minimum atomic E-state index is -0.107. The molecule has 0 heterocycles. The van der Waals surface area contributed by atoms with Gasteiger partial charge in [0.15, 0.2) is 0 Å². The summed E-state index contributed by atoms with van der Waals surface area (Å²) in [4.78, 5) is 0. The molecular weight excluding hydrogens is 252 g/mol. The molecule has 0 saturated heterocycles. The van der Waals surface area contributed by atoms with Crippen molar-refractivity contribution in [1.82, 2.24) is 0 Å². The summed E-state index contributed by atoms with van der Waals surface area (Å²) in [5.74, 6) is 0. The molecule has 0 bridgehead atoms. The Labute approximate surface area is 125 Å². The van der Waals surface area contributed by atoms with Crippen molar-refractivity contribution in [1.29, 1.82) is 0 Å². The van der Waals surface area contributed by atoms with Gasteiger partial charge in [-0.3, -0.25) is 0 Å². The average Bonchev–Trinajstić information content (AvgIpc) is 2.45. The van der Waals surface area contributed by atoms with Crippen LogP contribution in [0.5, 0.6) is 0 Å². The van der Waals surface area contributed by atoms with E-state index in [4.69, 9.17) is 10.2 Å². The number of aliphatic hydroxyl groups is 3. The lowest BCUT2D eigenvalue weighted by atomic mass is 10.0. The zero-order valence-electron chi connectivity index (χ0n) is 13.2. The number of aliphatic hydroxyl groups excluding tert-OH is 3. The lowest BCUT2D eigenvalue weighted by molar-refractivity contribution is 0.147. The van der Waals surface area contributed by atoms with Gasteiger partial charge in [-0.05, 0) is 25.7 Å². The highest BCUT2D eigenvalue weighted by atomic mass is 16.3. The molecule has 122 valence electrons. The van der Waals surface area contributed by atoms with Crippen LogP contribution in [0.3, 0.4) is 0 Å². The lowest BCUT2D eigenvalue weighted by Crippen LogP contribution is -2.05. The SMILES string of the molecule is OCCCCCCCCC(O)CCCCCCCCO. The molecule has 3 N–H and O–H groups in total. The van der Waals surface area contributed by atoms with Crippen LogP contribution in [0.25, 0.3) is 0 Å². The van der Waals surface area contributed by atoms with Gasteiger partial charge in [0, 0.05) is 13.2 Å². The number of rotatable bonds is 16. The molecule has 0 aromatic heterocycles. The molecule has 0 aromatic carbocycles. The Hall–Kier alpha value is -0.120. The molecule has 20 heavy (non-hydrogen) atoms. The molecule has 0 spiro atoms. The second kappa shape index (κ2) is 16.9. The van der Waals surface area contributed by atoms with E-state index in [-0.39, 0.29) is 6.10 Å². The van der Waals surface area contributed by atoms with Gasteiger partial charge in [-0.15, -0.1) is 0 Å². The quantitative estimate of drug-likeness (QED) is 0.379. The van der Waals surface area contributed by atoms with E-state index in [0.29, 0.717) is 13.2 Å². The van der Waals surface area contributed by atoms with Gasteiger partial charge >= 0.3 is 0 Å². The van der Waals surface area contributed by atoms with Crippen LogP contribution in [0.15, 0.2) is 0 Å². The van der Waals surface area contributed by atoms with Crippen molar-refractivity contribution in [2.75, 3.05) is 13.2 Å². The van der Waals surface area contributed by atoms with Crippen molar-refractivity contribution in [3.8, 4) is 0 Å². The van der Waals surface area contributed by atoms with Crippen LogP contribution in [0.4, 0.5) is 0 Å². The van der Waals surface area contributed by atoms with E-state index in [9.17, 15) is 5.11 Å². The van der Waals surface area contributed by atoms with Crippen LogP contribution in [0.2, 0.25) is 0 Å². The second-order valence-corrected chi connectivity index (χ2v) is 5.92. The van der Waals surface area contributed by atoms with Crippen LogP contribution in [-0.4, -0.2) is 34.6 Å². The molecule has 3 nitrogen and oxygen atoms in total. The van der Waals surface area contributed by atoms with E-state index in [1.54, 1.807) is 0 Å². The first-order valence-corrected chi connectivity index (χ1v) is 8.71. The summed E-state index contributed by atoms with van der Waals surface area (Å²) in [6.45, 7) is 0.636. The smallest absolute Gasteiger partial charge is 0.0540 e. The van der Waals surface area contributed by atoms with E-state index >= 15 is 0 Å². The zero-order valence-corrected chi connectivity index (χ0v) is 13.2. The van der Waals surface area contributed by atoms with Crippen molar-refractivity contribution in [3.05, 3.63) is 0 Å². The molecule has 0 unspecified atom stereocenters. The molecule has 0 amide bonds. The van der Waals surface area contributed by atoms with Crippen LogP contribution >= 0.6 is 0 Å². The van der Waals surface area contributed by atoms with Crippen molar-refractivity contribution >= 4 is 0 Å². The molecule has 0 rings (SSSR count). The maximum Gasteiger partial charge on any atom is 0.0540 e. The summed E-state index contributed by atoms with van der Waals surface area (Å²) >= 11 is 0. The van der Waals surface area contributed by atoms with Gasteiger partial charge in [0.1, 0.15) is 0 Å². The summed E-state index contributed by atoms with van der Waals surface area (Å²) in [7, 11) is 0. The first-order chi connectivity index (χ1) is 9.81. The Morgan fingerprint density at radius 2 is 0.750 bits per heavy atom. The van der Waals surface area contributed by atoms with E-state index in [2.05, 4.69) is 0 Å². The zero-order chi connectivity index (χ0) is 14.9. The lowest BCUT2D eigenvalue weighted by Gasteiger charge is -2.10. The van der Waals surface area contributed by atoms with Gasteiger partial charge < -0.3 is 15.3 Å². The molecular formula is C17H36O3. The maximum absolute atomic E-state index is 9.86. The first kappa shape index (κ1) is 19.9. The monoisotopic (exact) mass is 288 g/mol. The van der Waals surface area contributed by atoms with Crippen molar-refractivity contribution in [2.24, 2.45) is 0 Å². The van der Waals surface area contributed by atoms with E-state index in [1.807, 2.05) is 0 Å². The van der Waals surface area contributed by atoms with Gasteiger partial charge in [-0.1, -0.05) is 64.2 Å². The van der Waals surface area contributed by atoms with Gasteiger partial charge in [0.25, 0.3) is 0 Å². The Morgan fingerprint density at radius 3 is 1.10 bits per heavy atom. The van der Waals surface area contributed by atoms with Crippen LogP contribution in [0, 0.1) is 0 Å². The predicted octanol–water partition coefficient (Wildman–Crippen LogP) is 3.79. The second-order valence-electron chi connectivity index (χ2n) is 5.92. The normalized spacial score (nSPS) is 11.4. The Bertz CT molecular complexity index is 156. The highest BCUT2D eigenvalue weighted by Gasteiger charge is 2.03. The molecule has 0 aromatic rings. The number of hydrogen-bond acceptors (Lipinski definition) is 3. The topological polar surface area (TPSA) is 60.7 Å². The standard InChI is InChI=1S/C17H36O3/c18-15-11-7-3-1-5-9-13-17(20)14-10-6-2-4-8-12-16-19/h17-20H,1-16H2. The Morgan fingerprint density at radius 1 is 0.450 bits per heavy atom. The van der Waals surface area contributed by atoms with Crippen molar-refractivity contribution < 1.29 is 15.3 Å². The molecule has 0 atom stereocenters. The molecule has 0 aliphatic heterocycles. The van der Waals surface area contributed by atoms with Gasteiger partial charge in [-0.25, -0.2) is 0 Å². The molecule has 0 fully saturated rings. The summed E-state index contributed by atoms with van der Waals surface area (Å²) in [6.07, 6.45) is 15.5. The van der Waals surface area contributed by atoms with Gasteiger partial charge in [0.2, 0.25) is 0 Å². The van der Waals surface area contributed by atoms with Crippen LogP contribution in [-0.2, 0) is 0 Å². The highest BCUT2D eigenvalue weighted by molar-refractivity contribution is 4.57. The fraction of sp³-hybridized carbons (Fsp3) is 1.00.